The summed E-state index contributed by atoms with van der Waals surface area (Å²) in [4.78, 5) is 37.0. The molecule has 0 unspecified atom stereocenters. The number of nitrogens with one attached hydrogen (secondary N) is 1. The van der Waals surface area contributed by atoms with E-state index in [4.69, 9.17) is 28.9 Å². The Balaban J connectivity index is 1.86. The SMILES string of the molecule is NC(=O)c1cc2nccnc2c(Cl)c1NC(=O)c1cc(C(F)(F)F)nn1-c1ncccc1Cl. The number of hydrogen-bond acceptors (Lipinski definition) is 6. The number of primary amides is 1. The van der Waals surface area contributed by atoms with Crippen molar-refractivity contribution < 1.29 is 22.8 Å². The van der Waals surface area contributed by atoms with Crippen LogP contribution in [0.5, 0.6) is 0 Å². The van der Waals surface area contributed by atoms with Gasteiger partial charge >= 0.3 is 6.18 Å². The highest BCUT2D eigenvalue weighted by atomic mass is 35.5. The lowest BCUT2D eigenvalue weighted by Crippen LogP contribution is -2.21. The summed E-state index contributed by atoms with van der Waals surface area (Å²) in [6, 6.07) is 4.58. The summed E-state index contributed by atoms with van der Waals surface area (Å²) in [5.74, 6) is -2.27. The summed E-state index contributed by atoms with van der Waals surface area (Å²) < 4.78 is 40.7. The zero-order chi connectivity index (χ0) is 23.9. The lowest BCUT2D eigenvalue weighted by atomic mass is 10.1. The lowest BCUT2D eigenvalue weighted by Gasteiger charge is -2.13. The van der Waals surface area contributed by atoms with Crippen molar-refractivity contribution in [3.05, 3.63) is 69.9 Å². The van der Waals surface area contributed by atoms with Gasteiger partial charge in [0.25, 0.3) is 11.8 Å². The van der Waals surface area contributed by atoms with Crippen LogP contribution >= 0.6 is 23.2 Å². The average molecular weight is 496 g/mol. The van der Waals surface area contributed by atoms with Crippen molar-refractivity contribution in [1.82, 2.24) is 24.7 Å². The largest absolute Gasteiger partial charge is 0.435 e. The highest BCUT2D eigenvalue weighted by Crippen LogP contribution is 2.34. The second-order valence-corrected chi connectivity index (χ2v) is 7.27. The zero-order valence-corrected chi connectivity index (χ0v) is 17.6. The number of anilines is 1. The van der Waals surface area contributed by atoms with Crippen molar-refractivity contribution in [1.29, 1.82) is 0 Å². The Morgan fingerprint density at radius 3 is 2.45 bits per heavy atom. The number of aromatic nitrogens is 5. The highest BCUT2D eigenvalue weighted by molar-refractivity contribution is 6.39. The van der Waals surface area contributed by atoms with Gasteiger partial charge in [0.1, 0.15) is 11.2 Å². The van der Waals surface area contributed by atoms with Gasteiger partial charge in [0.15, 0.2) is 11.5 Å². The quantitative estimate of drug-likeness (QED) is 0.441. The summed E-state index contributed by atoms with van der Waals surface area (Å²) in [7, 11) is 0. The fourth-order valence-corrected chi connectivity index (χ4v) is 3.44. The minimum Gasteiger partial charge on any atom is -0.366 e. The number of alkyl halides is 3. The first-order valence-electron chi connectivity index (χ1n) is 8.90. The van der Waals surface area contributed by atoms with Gasteiger partial charge in [0.05, 0.1) is 26.8 Å². The first-order valence-corrected chi connectivity index (χ1v) is 9.66. The third-order valence-corrected chi connectivity index (χ3v) is 5.04. The van der Waals surface area contributed by atoms with Crippen molar-refractivity contribution in [3.8, 4) is 5.82 Å². The van der Waals surface area contributed by atoms with Gasteiger partial charge in [-0.3, -0.25) is 19.6 Å². The third kappa shape index (κ3) is 4.17. The number of pyridine rings is 1. The molecule has 0 radical (unpaired) electrons. The van der Waals surface area contributed by atoms with Crippen LogP contribution < -0.4 is 11.1 Å². The van der Waals surface area contributed by atoms with Crippen LogP contribution in [-0.2, 0) is 6.18 Å². The predicted molar refractivity (Wildman–Crippen MR) is 112 cm³/mol. The molecule has 0 fully saturated rings. The van der Waals surface area contributed by atoms with E-state index in [0.29, 0.717) is 10.7 Å². The van der Waals surface area contributed by atoms with Gasteiger partial charge in [0, 0.05) is 24.7 Å². The first-order chi connectivity index (χ1) is 15.6. The molecule has 3 heterocycles. The Morgan fingerprint density at radius 1 is 1.06 bits per heavy atom. The van der Waals surface area contributed by atoms with Crippen molar-refractivity contribution in [2.75, 3.05) is 5.32 Å². The van der Waals surface area contributed by atoms with Crippen LogP contribution in [0.15, 0.2) is 42.9 Å². The number of hydrogen-bond donors (Lipinski definition) is 2. The van der Waals surface area contributed by atoms with Gasteiger partial charge in [-0.05, 0) is 18.2 Å². The van der Waals surface area contributed by atoms with Gasteiger partial charge in [-0.25, -0.2) is 9.67 Å². The van der Waals surface area contributed by atoms with Crippen LogP contribution in [-0.4, -0.2) is 36.5 Å². The number of carbonyl (C=O) groups excluding carboxylic acids is 2. The second-order valence-electron chi connectivity index (χ2n) is 6.49. The molecule has 1 aromatic carbocycles. The van der Waals surface area contributed by atoms with E-state index in [-0.39, 0.29) is 38.1 Å². The predicted octanol–water partition coefficient (Wildman–Crippen LogP) is 3.89. The molecule has 9 nitrogen and oxygen atoms in total. The van der Waals surface area contributed by atoms with Crippen LogP contribution in [0.25, 0.3) is 16.9 Å². The number of nitrogens with two attached hydrogens (primary N) is 1. The Kier molecular flexibility index (Phi) is 5.64. The molecule has 0 aliphatic rings. The smallest absolute Gasteiger partial charge is 0.366 e. The molecule has 3 N–H and O–H groups in total. The summed E-state index contributed by atoms with van der Waals surface area (Å²) in [5, 5.41) is 5.53. The molecule has 0 spiro atoms. The van der Waals surface area contributed by atoms with Crippen molar-refractivity contribution >= 4 is 51.7 Å². The van der Waals surface area contributed by atoms with E-state index < -0.39 is 29.4 Å². The first kappa shape index (κ1) is 22.4. The molecule has 14 heteroatoms. The van der Waals surface area contributed by atoms with Gasteiger partial charge in [-0.15, -0.1) is 0 Å². The molecular weight excluding hydrogens is 486 g/mol. The topological polar surface area (TPSA) is 129 Å². The van der Waals surface area contributed by atoms with Crippen molar-refractivity contribution in [3.63, 3.8) is 0 Å². The molecule has 4 rings (SSSR count). The molecule has 4 aromatic rings. The highest BCUT2D eigenvalue weighted by Gasteiger charge is 2.37. The van der Waals surface area contributed by atoms with Crippen LogP contribution in [0.1, 0.15) is 26.5 Å². The summed E-state index contributed by atoms with van der Waals surface area (Å²) in [6.45, 7) is 0. The summed E-state index contributed by atoms with van der Waals surface area (Å²) in [5.41, 5.74) is 3.34. The molecular formula is C19H10Cl2F3N7O2. The maximum absolute atomic E-state index is 13.3. The minimum atomic E-state index is -4.86. The average Bonchev–Trinajstić information content (AvgIpc) is 3.21. The maximum atomic E-state index is 13.3. The van der Waals surface area contributed by atoms with Gasteiger partial charge in [0.2, 0.25) is 0 Å². The van der Waals surface area contributed by atoms with E-state index >= 15 is 0 Å². The zero-order valence-electron chi connectivity index (χ0n) is 16.1. The molecule has 0 bridgehead atoms. The molecule has 3 aromatic heterocycles. The van der Waals surface area contributed by atoms with Crippen molar-refractivity contribution in [2.24, 2.45) is 5.73 Å². The van der Waals surface area contributed by atoms with E-state index in [9.17, 15) is 22.8 Å². The molecule has 33 heavy (non-hydrogen) atoms. The standard InChI is InChI=1S/C19H10Cl2F3N7O2/c20-9-2-1-3-28-17(9)31-11(7-12(30-31)19(22,23)24)18(33)29-14-8(16(25)32)6-10-15(13(14)21)27-5-4-26-10/h1-7H,(H2,25,32)(H,29,33). The normalized spacial score (nSPS) is 11.5. The molecule has 0 atom stereocenters. The molecule has 0 saturated heterocycles. The molecule has 0 saturated carbocycles. The van der Waals surface area contributed by atoms with E-state index in [1.807, 2.05) is 0 Å². The second kappa shape index (κ2) is 8.30. The summed E-state index contributed by atoms with van der Waals surface area (Å²) in [6.07, 6.45) is -0.912. The number of nitrogens with zero attached hydrogens (tertiary/aromatic N) is 5. The van der Waals surface area contributed by atoms with Crippen LogP contribution in [0.2, 0.25) is 10.0 Å². The Hall–Kier alpha value is -3.77. The molecule has 0 aliphatic heterocycles. The lowest BCUT2D eigenvalue weighted by molar-refractivity contribution is -0.141. The van der Waals surface area contributed by atoms with E-state index in [1.165, 1.54) is 36.8 Å². The van der Waals surface area contributed by atoms with E-state index in [1.54, 1.807) is 0 Å². The van der Waals surface area contributed by atoms with Gasteiger partial charge < -0.3 is 11.1 Å². The summed E-state index contributed by atoms with van der Waals surface area (Å²) >= 11 is 12.4. The molecule has 0 aliphatic carbocycles. The molecule has 168 valence electrons. The minimum absolute atomic E-state index is 0.0554. The Morgan fingerprint density at radius 2 is 1.79 bits per heavy atom. The van der Waals surface area contributed by atoms with Crippen molar-refractivity contribution in [2.45, 2.75) is 6.18 Å². The third-order valence-electron chi connectivity index (χ3n) is 4.38. The van der Waals surface area contributed by atoms with Crippen LogP contribution in [0, 0.1) is 0 Å². The number of fused-ring (bicyclic) bond motifs is 1. The fraction of sp³-hybridized carbons (Fsp3) is 0.0526. The van der Waals surface area contributed by atoms with Crippen LogP contribution in [0.4, 0.5) is 18.9 Å². The number of rotatable bonds is 4. The monoisotopic (exact) mass is 495 g/mol. The molecule has 2 amide bonds. The maximum Gasteiger partial charge on any atom is 0.435 e. The fourth-order valence-electron chi connectivity index (χ4n) is 2.94. The number of carbonyl (C=O) groups is 2. The van der Waals surface area contributed by atoms with Gasteiger partial charge in [-0.2, -0.15) is 18.3 Å². The number of halogens is 5. The number of amides is 2. The van der Waals surface area contributed by atoms with Crippen LogP contribution in [0.3, 0.4) is 0 Å². The Labute approximate surface area is 192 Å². The number of benzene rings is 1. The van der Waals surface area contributed by atoms with E-state index in [0.717, 1.165) is 0 Å². The van der Waals surface area contributed by atoms with Gasteiger partial charge in [-0.1, -0.05) is 23.2 Å². The van der Waals surface area contributed by atoms with E-state index in [2.05, 4.69) is 25.4 Å². The Bertz CT molecular complexity index is 1420.